The molecular formula is C20H30O4. The van der Waals surface area contributed by atoms with E-state index in [1.54, 1.807) is 0 Å². The summed E-state index contributed by atoms with van der Waals surface area (Å²) in [5.41, 5.74) is 1.18. The van der Waals surface area contributed by atoms with Gasteiger partial charge in [0, 0.05) is 5.92 Å². The van der Waals surface area contributed by atoms with Gasteiger partial charge in [0.15, 0.2) is 0 Å². The van der Waals surface area contributed by atoms with Crippen LogP contribution in [-0.2, 0) is 25.6 Å². The molecule has 5 atom stereocenters. The van der Waals surface area contributed by atoms with Crippen molar-refractivity contribution in [3.05, 3.63) is 35.9 Å². The lowest BCUT2D eigenvalue weighted by molar-refractivity contribution is -0.164. The molecule has 1 aliphatic heterocycles. The topological polar surface area (TPSA) is 44.8 Å². The Morgan fingerprint density at radius 3 is 2.62 bits per heavy atom. The number of carbonyl (C=O) groups excluding carboxylic acids is 1. The van der Waals surface area contributed by atoms with Crippen LogP contribution in [0.2, 0.25) is 0 Å². The first-order valence-electron chi connectivity index (χ1n) is 8.87. The van der Waals surface area contributed by atoms with Crippen molar-refractivity contribution < 1.29 is 19.0 Å². The van der Waals surface area contributed by atoms with Gasteiger partial charge >= 0.3 is 5.97 Å². The van der Waals surface area contributed by atoms with E-state index in [0.717, 1.165) is 12.8 Å². The second kappa shape index (κ2) is 9.19. The zero-order chi connectivity index (χ0) is 17.5. The van der Waals surface area contributed by atoms with E-state index in [1.807, 2.05) is 25.1 Å². The van der Waals surface area contributed by atoms with Crippen LogP contribution >= 0.6 is 0 Å². The van der Waals surface area contributed by atoms with Gasteiger partial charge in [-0.05, 0) is 31.2 Å². The zero-order valence-electron chi connectivity index (χ0n) is 15.2. The predicted molar refractivity (Wildman–Crippen MR) is 93.5 cm³/mol. The van der Waals surface area contributed by atoms with E-state index in [2.05, 4.69) is 26.0 Å². The Hall–Kier alpha value is -1.39. The van der Waals surface area contributed by atoms with E-state index in [0.29, 0.717) is 19.1 Å². The van der Waals surface area contributed by atoms with Gasteiger partial charge in [-0.25, -0.2) is 0 Å². The molecule has 134 valence electrons. The van der Waals surface area contributed by atoms with Crippen molar-refractivity contribution in [2.75, 3.05) is 13.7 Å². The highest BCUT2D eigenvalue weighted by Crippen LogP contribution is 2.33. The van der Waals surface area contributed by atoms with Gasteiger partial charge in [0.1, 0.15) is 0 Å². The molecule has 0 radical (unpaired) electrons. The van der Waals surface area contributed by atoms with Gasteiger partial charge in [0.05, 0.1) is 38.4 Å². The maximum atomic E-state index is 11.8. The molecule has 4 heteroatoms. The summed E-state index contributed by atoms with van der Waals surface area (Å²) in [4.78, 5) is 11.8. The van der Waals surface area contributed by atoms with Gasteiger partial charge in [-0.2, -0.15) is 0 Å². The first-order valence-corrected chi connectivity index (χ1v) is 8.87. The lowest BCUT2D eigenvalue weighted by Gasteiger charge is -2.39. The maximum absolute atomic E-state index is 11.8. The molecule has 1 fully saturated rings. The van der Waals surface area contributed by atoms with Crippen LogP contribution in [0.5, 0.6) is 0 Å². The molecule has 24 heavy (non-hydrogen) atoms. The van der Waals surface area contributed by atoms with Crippen molar-refractivity contribution in [2.45, 2.75) is 52.4 Å². The van der Waals surface area contributed by atoms with E-state index in [4.69, 9.17) is 14.2 Å². The molecule has 1 aliphatic rings. The third-order valence-electron chi connectivity index (χ3n) is 4.98. The predicted octanol–water partition coefficient (Wildman–Crippen LogP) is 3.83. The Labute approximate surface area is 145 Å². The smallest absolute Gasteiger partial charge is 0.311 e. The van der Waals surface area contributed by atoms with Crippen LogP contribution in [0, 0.1) is 17.8 Å². The first-order chi connectivity index (χ1) is 11.5. The number of hydrogen-bond acceptors (Lipinski definition) is 4. The molecular weight excluding hydrogens is 304 g/mol. The Kier molecular flexibility index (Phi) is 7.25. The molecule has 0 amide bonds. The largest absolute Gasteiger partial charge is 0.469 e. The molecule has 0 saturated carbocycles. The van der Waals surface area contributed by atoms with Crippen molar-refractivity contribution in [3.63, 3.8) is 0 Å². The summed E-state index contributed by atoms with van der Waals surface area (Å²) < 4.78 is 17.0. The van der Waals surface area contributed by atoms with Gasteiger partial charge < -0.3 is 14.2 Å². The number of rotatable bonds is 7. The quantitative estimate of drug-likeness (QED) is 0.711. The molecule has 0 N–H and O–H groups in total. The van der Waals surface area contributed by atoms with Crippen LogP contribution < -0.4 is 0 Å². The van der Waals surface area contributed by atoms with E-state index >= 15 is 0 Å². The summed E-state index contributed by atoms with van der Waals surface area (Å²) in [6, 6.07) is 10.2. The van der Waals surface area contributed by atoms with Gasteiger partial charge in [0.2, 0.25) is 0 Å². The molecule has 0 bridgehead atoms. The van der Waals surface area contributed by atoms with Crippen LogP contribution in [0.3, 0.4) is 0 Å². The number of esters is 1. The van der Waals surface area contributed by atoms with Gasteiger partial charge in [-0.3, -0.25) is 4.79 Å². The van der Waals surface area contributed by atoms with Crippen LogP contribution in [0.4, 0.5) is 0 Å². The lowest BCUT2D eigenvalue weighted by atomic mass is 9.84. The molecule has 4 nitrogen and oxygen atoms in total. The third-order valence-corrected chi connectivity index (χ3v) is 4.98. The van der Waals surface area contributed by atoms with E-state index in [1.165, 1.54) is 12.7 Å². The monoisotopic (exact) mass is 334 g/mol. The second-order valence-electron chi connectivity index (χ2n) is 6.98. The fourth-order valence-electron chi connectivity index (χ4n) is 3.43. The number of carbonyl (C=O) groups is 1. The summed E-state index contributed by atoms with van der Waals surface area (Å²) >= 11 is 0. The van der Waals surface area contributed by atoms with E-state index < -0.39 is 0 Å². The normalized spacial score (nSPS) is 26.6. The lowest BCUT2D eigenvalue weighted by Crippen LogP contribution is -2.43. The number of ether oxygens (including phenoxy) is 3. The zero-order valence-corrected chi connectivity index (χ0v) is 15.2. The Morgan fingerprint density at radius 2 is 1.96 bits per heavy atom. The van der Waals surface area contributed by atoms with Crippen LogP contribution in [-0.4, -0.2) is 31.9 Å². The fourth-order valence-corrected chi connectivity index (χ4v) is 3.43. The van der Waals surface area contributed by atoms with E-state index in [9.17, 15) is 4.79 Å². The molecule has 0 unspecified atom stereocenters. The summed E-state index contributed by atoms with van der Waals surface area (Å²) in [5, 5.41) is 0. The van der Waals surface area contributed by atoms with Crippen LogP contribution in [0.15, 0.2) is 30.3 Å². The molecule has 0 spiro atoms. The number of methoxy groups -OCH3 is 1. The number of benzene rings is 1. The molecule has 1 aromatic rings. The SMILES string of the molecule is COC(=O)[C@@H](C)[C@@H]1CC[C@@H](C)[C@@H]([C@@H](C)COCc2ccccc2)O1. The van der Waals surface area contributed by atoms with Crippen molar-refractivity contribution >= 4 is 5.97 Å². The molecule has 1 heterocycles. The van der Waals surface area contributed by atoms with Crippen LogP contribution in [0.25, 0.3) is 0 Å². The Balaban J connectivity index is 1.84. The van der Waals surface area contributed by atoms with Crippen molar-refractivity contribution in [1.29, 1.82) is 0 Å². The van der Waals surface area contributed by atoms with Gasteiger partial charge in [-0.15, -0.1) is 0 Å². The molecule has 1 aromatic carbocycles. The fraction of sp³-hybridized carbons (Fsp3) is 0.650. The van der Waals surface area contributed by atoms with Gasteiger partial charge in [0.25, 0.3) is 0 Å². The summed E-state index contributed by atoms with van der Waals surface area (Å²) in [6.07, 6.45) is 2.03. The maximum Gasteiger partial charge on any atom is 0.311 e. The highest BCUT2D eigenvalue weighted by Gasteiger charge is 2.36. The molecule has 2 rings (SSSR count). The van der Waals surface area contributed by atoms with E-state index in [-0.39, 0.29) is 30.0 Å². The average Bonchev–Trinajstić information content (AvgIpc) is 2.61. The van der Waals surface area contributed by atoms with Crippen molar-refractivity contribution in [3.8, 4) is 0 Å². The average molecular weight is 334 g/mol. The highest BCUT2D eigenvalue weighted by molar-refractivity contribution is 5.72. The number of hydrogen-bond donors (Lipinski definition) is 0. The Bertz CT molecular complexity index is 502. The first kappa shape index (κ1) is 18.9. The van der Waals surface area contributed by atoms with Crippen LogP contribution in [0.1, 0.15) is 39.2 Å². The van der Waals surface area contributed by atoms with Crippen molar-refractivity contribution in [1.82, 2.24) is 0 Å². The third kappa shape index (κ3) is 5.05. The minimum absolute atomic E-state index is 0.0600. The minimum atomic E-state index is -0.220. The summed E-state index contributed by atoms with van der Waals surface area (Å²) in [5.74, 6) is 0.349. The second-order valence-corrected chi connectivity index (χ2v) is 6.98. The van der Waals surface area contributed by atoms with Crippen molar-refractivity contribution in [2.24, 2.45) is 17.8 Å². The van der Waals surface area contributed by atoms with Gasteiger partial charge in [-0.1, -0.05) is 44.2 Å². The highest BCUT2D eigenvalue weighted by atomic mass is 16.5. The minimum Gasteiger partial charge on any atom is -0.469 e. The molecule has 0 aromatic heterocycles. The summed E-state index contributed by atoms with van der Waals surface area (Å²) in [7, 11) is 1.43. The standard InChI is InChI=1S/C20H30O4/c1-14-10-11-18(16(3)20(21)22-4)24-19(14)15(2)12-23-13-17-8-6-5-7-9-17/h5-9,14-16,18-19H,10-13H2,1-4H3/t14-,15+,16+,18+,19+/m1/s1. The summed E-state index contributed by atoms with van der Waals surface area (Å²) in [6.45, 7) is 7.55. The molecule has 1 saturated heterocycles. The Morgan fingerprint density at radius 1 is 1.25 bits per heavy atom. The molecule has 0 aliphatic carbocycles.